The topological polar surface area (TPSA) is 30.7 Å². The van der Waals surface area contributed by atoms with Gasteiger partial charge in [-0.3, -0.25) is 0 Å². The quantitative estimate of drug-likeness (QED) is 0.771. The maximum atomic E-state index is 4.29. The van der Waals surface area contributed by atoms with Crippen LogP contribution in [0.4, 0.5) is 0 Å². The molecule has 1 rings (SSSR count). The summed E-state index contributed by atoms with van der Waals surface area (Å²) in [5.74, 6) is 3.28. The molecule has 0 bridgehead atoms. The number of nitrogens with zero attached hydrogens (tertiary/aromatic N) is 3. The second kappa shape index (κ2) is 5.64. The van der Waals surface area contributed by atoms with E-state index in [-0.39, 0.29) is 0 Å². The fourth-order valence-electron chi connectivity index (χ4n) is 1.56. The van der Waals surface area contributed by atoms with Crippen molar-refractivity contribution in [2.45, 2.75) is 51.9 Å². The predicted octanol–water partition coefficient (Wildman–Crippen LogP) is 3.34. The molecule has 86 valence electrons. The number of aromatic nitrogens is 3. The highest BCUT2D eigenvalue weighted by molar-refractivity contribution is 9.08. The van der Waals surface area contributed by atoms with E-state index in [0.29, 0.717) is 11.8 Å². The Kier molecular flexibility index (Phi) is 4.77. The lowest BCUT2D eigenvalue weighted by molar-refractivity contribution is 0.482. The molecule has 0 fully saturated rings. The average Bonchev–Trinajstić information content (AvgIpc) is 2.59. The van der Waals surface area contributed by atoms with Crippen molar-refractivity contribution in [2.24, 2.45) is 5.92 Å². The molecule has 0 aliphatic heterocycles. The van der Waals surface area contributed by atoms with Gasteiger partial charge in [0.25, 0.3) is 0 Å². The lowest BCUT2D eigenvalue weighted by Crippen LogP contribution is -2.13. The molecule has 1 heterocycles. The molecule has 0 spiro atoms. The third-order valence-corrected chi connectivity index (χ3v) is 3.08. The van der Waals surface area contributed by atoms with Gasteiger partial charge in [0.05, 0.1) is 5.33 Å². The zero-order valence-corrected chi connectivity index (χ0v) is 11.6. The van der Waals surface area contributed by atoms with Crippen molar-refractivity contribution in [3.8, 4) is 0 Å². The van der Waals surface area contributed by atoms with Gasteiger partial charge in [-0.1, -0.05) is 43.6 Å². The normalized spacial score (nSPS) is 13.5. The summed E-state index contributed by atoms with van der Waals surface area (Å²) in [6.07, 6.45) is 1.11. The van der Waals surface area contributed by atoms with Crippen LogP contribution in [-0.2, 0) is 11.9 Å². The van der Waals surface area contributed by atoms with Gasteiger partial charge in [-0.15, -0.1) is 10.2 Å². The molecule has 0 aromatic carbocycles. The molecule has 0 aliphatic rings. The molecule has 0 N–H and O–H groups in total. The summed E-state index contributed by atoms with van der Waals surface area (Å²) < 4.78 is 2.26. The Morgan fingerprint density at radius 2 is 1.93 bits per heavy atom. The smallest absolute Gasteiger partial charge is 0.143 e. The monoisotopic (exact) mass is 273 g/mol. The van der Waals surface area contributed by atoms with Gasteiger partial charge in [0.1, 0.15) is 11.6 Å². The van der Waals surface area contributed by atoms with Crippen LogP contribution in [0.5, 0.6) is 0 Å². The fraction of sp³-hybridized carbons (Fsp3) is 0.818. The summed E-state index contributed by atoms with van der Waals surface area (Å²) >= 11 is 3.46. The zero-order valence-electron chi connectivity index (χ0n) is 10.00. The van der Waals surface area contributed by atoms with E-state index in [4.69, 9.17) is 0 Å². The van der Waals surface area contributed by atoms with Crippen LogP contribution in [0.2, 0.25) is 0 Å². The summed E-state index contributed by atoms with van der Waals surface area (Å²) in [6, 6.07) is 0. The molecule has 1 unspecified atom stereocenters. The van der Waals surface area contributed by atoms with Gasteiger partial charge in [-0.05, 0) is 12.3 Å². The van der Waals surface area contributed by atoms with E-state index in [1.807, 2.05) is 0 Å². The van der Waals surface area contributed by atoms with Crippen molar-refractivity contribution in [3.05, 3.63) is 11.6 Å². The van der Waals surface area contributed by atoms with Crippen molar-refractivity contribution in [3.63, 3.8) is 0 Å². The zero-order chi connectivity index (χ0) is 11.4. The minimum atomic E-state index is 0.490. The first kappa shape index (κ1) is 12.7. The highest BCUT2D eigenvalue weighted by Gasteiger charge is 2.16. The van der Waals surface area contributed by atoms with Crippen molar-refractivity contribution in [1.29, 1.82) is 0 Å². The van der Waals surface area contributed by atoms with Gasteiger partial charge in [0.15, 0.2) is 0 Å². The van der Waals surface area contributed by atoms with Crippen molar-refractivity contribution in [1.82, 2.24) is 14.8 Å². The van der Waals surface area contributed by atoms with Crippen molar-refractivity contribution in [2.75, 3.05) is 0 Å². The molecule has 0 saturated carbocycles. The molecule has 0 aliphatic carbocycles. The van der Waals surface area contributed by atoms with Crippen LogP contribution < -0.4 is 0 Å². The predicted molar refractivity (Wildman–Crippen MR) is 66.2 cm³/mol. The number of alkyl halides is 1. The molecule has 1 aromatic rings. The number of hydrogen-bond acceptors (Lipinski definition) is 2. The van der Waals surface area contributed by atoms with E-state index in [1.54, 1.807) is 0 Å². The minimum absolute atomic E-state index is 0.490. The summed E-state index contributed by atoms with van der Waals surface area (Å²) in [5, 5.41) is 9.30. The highest BCUT2D eigenvalue weighted by atomic mass is 79.9. The van der Waals surface area contributed by atoms with Crippen LogP contribution in [0, 0.1) is 5.92 Å². The second-order valence-corrected chi connectivity index (χ2v) is 4.98. The van der Waals surface area contributed by atoms with Crippen LogP contribution in [0.15, 0.2) is 0 Å². The summed E-state index contributed by atoms with van der Waals surface area (Å²) in [5.41, 5.74) is 0. The van der Waals surface area contributed by atoms with Gasteiger partial charge in [0, 0.05) is 12.5 Å². The Labute approximate surface area is 100 Å². The molecule has 4 heteroatoms. The Bertz CT molecular complexity index is 307. The van der Waals surface area contributed by atoms with E-state index in [0.717, 1.165) is 29.9 Å². The largest absolute Gasteiger partial charge is 0.314 e. The average molecular weight is 274 g/mol. The standard InChI is InChI=1S/C11H20BrN3/c1-5-9(4)11-14-13-10(6-12)15(11)7-8(2)3/h8-9H,5-7H2,1-4H3. The number of hydrogen-bond donors (Lipinski definition) is 0. The van der Waals surface area contributed by atoms with Crippen molar-refractivity contribution >= 4 is 15.9 Å². The third kappa shape index (κ3) is 3.03. The van der Waals surface area contributed by atoms with Crippen LogP contribution in [0.25, 0.3) is 0 Å². The highest BCUT2D eigenvalue weighted by Crippen LogP contribution is 2.19. The van der Waals surface area contributed by atoms with Crippen LogP contribution in [0.3, 0.4) is 0 Å². The molecule has 0 radical (unpaired) electrons. The lowest BCUT2D eigenvalue weighted by atomic mass is 10.1. The van der Waals surface area contributed by atoms with Gasteiger partial charge >= 0.3 is 0 Å². The molecule has 0 saturated heterocycles. The summed E-state index contributed by atoms with van der Waals surface area (Å²) in [4.78, 5) is 0. The van der Waals surface area contributed by atoms with Crippen LogP contribution in [-0.4, -0.2) is 14.8 Å². The summed E-state index contributed by atoms with van der Waals surface area (Å²) in [6.45, 7) is 9.84. The minimum Gasteiger partial charge on any atom is -0.314 e. The second-order valence-electron chi connectivity index (χ2n) is 4.42. The first-order valence-corrected chi connectivity index (χ1v) is 6.70. The Morgan fingerprint density at radius 1 is 1.27 bits per heavy atom. The molecule has 15 heavy (non-hydrogen) atoms. The summed E-state index contributed by atoms with van der Waals surface area (Å²) in [7, 11) is 0. The molecule has 0 amide bonds. The van der Waals surface area contributed by atoms with E-state index in [1.165, 1.54) is 0 Å². The number of rotatable bonds is 5. The molecule has 3 nitrogen and oxygen atoms in total. The van der Waals surface area contributed by atoms with E-state index in [9.17, 15) is 0 Å². The first-order valence-electron chi connectivity index (χ1n) is 5.58. The van der Waals surface area contributed by atoms with Gasteiger partial charge in [-0.25, -0.2) is 0 Å². The first-order chi connectivity index (χ1) is 7.10. The van der Waals surface area contributed by atoms with Gasteiger partial charge < -0.3 is 4.57 Å². The van der Waals surface area contributed by atoms with E-state index in [2.05, 4.69) is 58.4 Å². The fourth-order valence-corrected chi connectivity index (χ4v) is 1.97. The molecule has 1 aromatic heterocycles. The number of halogens is 1. The SMILES string of the molecule is CCC(C)c1nnc(CBr)n1CC(C)C. The molecule has 1 atom stereocenters. The van der Waals surface area contributed by atoms with E-state index < -0.39 is 0 Å². The van der Waals surface area contributed by atoms with Crippen LogP contribution >= 0.6 is 15.9 Å². The van der Waals surface area contributed by atoms with E-state index >= 15 is 0 Å². The molecular weight excluding hydrogens is 254 g/mol. The Hall–Kier alpha value is -0.380. The third-order valence-electron chi connectivity index (χ3n) is 2.58. The van der Waals surface area contributed by atoms with Crippen LogP contribution in [0.1, 0.15) is 51.7 Å². The maximum absolute atomic E-state index is 4.29. The van der Waals surface area contributed by atoms with Gasteiger partial charge in [-0.2, -0.15) is 0 Å². The van der Waals surface area contributed by atoms with Gasteiger partial charge in [0.2, 0.25) is 0 Å². The maximum Gasteiger partial charge on any atom is 0.143 e. The lowest BCUT2D eigenvalue weighted by Gasteiger charge is -2.14. The Morgan fingerprint density at radius 3 is 2.40 bits per heavy atom. The van der Waals surface area contributed by atoms with Crippen molar-refractivity contribution < 1.29 is 0 Å². The Balaban J connectivity index is 2.99. The molecular formula is C11H20BrN3.